The standard InChI is InChI=1S/C19H25NS/c1-14-19(20-15(2)21-14)8-6-4-3-5-7-16-9-10-17-11-12-18(17)13-16/h9-10,13H,3-8,11-12H2,1-2H3. The van der Waals surface area contributed by atoms with E-state index in [4.69, 9.17) is 0 Å². The highest BCUT2D eigenvalue weighted by molar-refractivity contribution is 7.11. The van der Waals surface area contributed by atoms with Gasteiger partial charge in [-0.25, -0.2) is 4.98 Å². The van der Waals surface area contributed by atoms with E-state index in [1.165, 1.54) is 60.5 Å². The fraction of sp³-hybridized carbons (Fsp3) is 0.526. The lowest BCUT2D eigenvalue weighted by molar-refractivity contribution is 0.635. The maximum absolute atomic E-state index is 4.62. The lowest BCUT2D eigenvalue weighted by atomic mass is 9.86. The first kappa shape index (κ1) is 14.8. The number of hydrogen-bond acceptors (Lipinski definition) is 2. The van der Waals surface area contributed by atoms with Gasteiger partial charge in [0.2, 0.25) is 0 Å². The van der Waals surface area contributed by atoms with Crippen LogP contribution in [0.2, 0.25) is 0 Å². The Morgan fingerprint density at radius 2 is 1.71 bits per heavy atom. The van der Waals surface area contributed by atoms with E-state index in [-0.39, 0.29) is 0 Å². The molecule has 0 saturated heterocycles. The second-order valence-electron chi connectivity index (χ2n) is 6.25. The first-order chi connectivity index (χ1) is 10.2. The van der Waals surface area contributed by atoms with Gasteiger partial charge in [0.1, 0.15) is 0 Å². The van der Waals surface area contributed by atoms with Crippen molar-refractivity contribution < 1.29 is 0 Å². The highest BCUT2D eigenvalue weighted by atomic mass is 32.1. The number of unbranched alkanes of at least 4 members (excludes halogenated alkanes) is 3. The van der Waals surface area contributed by atoms with Gasteiger partial charge in [0, 0.05) is 4.88 Å². The normalized spacial score (nSPS) is 13.0. The SMILES string of the molecule is Cc1nc(CCCCCCc2ccc3c(c2)CC3)c(C)s1. The van der Waals surface area contributed by atoms with Crippen molar-refractivity contribution in [1.29, 1.82) is 0 Å². The Morgan fingerprint density at radius 1 is 0.952 bits per heavy atom. The molecular formula is C19H25NS. The smallest absolute Gasteiger partial charge is 0.0900 e. The summed E-state index contributed by atoms with van der Waals surface area (Å²) in [6.07, 6.45) is 10.3. The van der Waals surface area contributed by atoms with Crippen LogP contribution in [0.15, 0.2) is 18.2 Å². The Balaban J connectivity index is 1.33. The fourth-order valence-corrected chi connectivity index (χ4v) is 4.05. The molecule has 0 atom stereocenters. The number of rotatable bonds is 7. The lowest BCUT2D eigenvalue weighted by Gasteiger charge is -2.19. The molecule has 1 aliphatic rings. The quantitative estimate of drug-likeness (QED) is 0.640. The van der Waals surface area contributed by atoms with Crippen molar-refractivity contribution in [2.45, 2.75) is 65.2 Å². The zero-order valence-electron chi connectivity index (χ0n) is 13.2. The summed E-state index contributed by atoms with van der Waals surface area (Å²) in [5, 5.41) is 1.21. The number of aromatic nitrogens is 1. The minimum atomic E-state index is 1.16. The molecule has 1 aliphatic carbocycles. The Labute approximate surface area is 132 Å². The molecule has 0 N–H and O–H groups in total. The van der Waals surface area contributed by atoms with Crippen molar-refractivity contribution >= 4 is 11.3 Å². The van der Waals surface area contributed by atoms with Gasteiger partial charge in [-0.1, -0.05) is 31.0 Å². The summed E-state index contributed by atoms with van der Waals surface area (Å²) in [5.41, 5.74) is 6.05. The molecule has 21 heavy (non-hydrogen) atoms. The molecule has 0 bridgehead atoms. The van der Waals surface area contributed by atoms with Crippen LogP contribution in [0.1, 0.15) is 58.0 Å². The molecule has 0 radical (unpaired) electrons. The summed E-state index contributed by atoms with van der Waals surface area (Å²) in [5.74, 6) is 0. The molecule has 1 aromatic carbocycles. The largest absolute Gasteiger partial charge is 0.246 e. The van der Waals surface area contributed by atoms with Crippen LogP contribution in [0.25, 0.3) is 0 Å². The van der Waals surface area contributed by atoms with Gasteiger partial charge in [0.05, 0.1) is 10.7 Å². The number of thiazole rings is 1. The summed E-state index contributed by atoms with van der Waals surface area (Å²) < 4.78 is 0. The third-order valence-electron chi connectivity index (χ3n) is 4.56. The molecule has 0 spiro atoms. The molecule has 3 rings (SSSR count). The van der Waals surface area contributed by atoms with Crippen LogP contribution in [0.5, 0.6) is 0 Å². The molecule has 0 unspecified atom stereocenters. The molecule has 0 saturated carbocycles. The average Bonchev–Trinajstić information content (AvgIpc) is 2.75. The number of nitrogens with zero attached hydrogens (tertiary/aromatic N) is 1. The number of aryl methyl sites for hydroxylation is 6. The summed E-state index contributed by atoms with van der Waals surface area (Å²) in [7, 11) is 0. The molecule has 0 aliphatic heterocycles. The number of hydrogen-bond donors (Lipinski definition) is 0. The summed E-state index contributed by atoms with van der Waals surface area (Å²) in [6, 6.07) is 7.10. The first-order valence-corrected chi connectivity index (χ1v) is 9.07. The minimum Gasteiger partial charge on any atom is -0.246 e. The topological polar surface area (TPSA) is 12.9 Å². The molecule has 2 heteroatoms. The Bertz CT molecular complexity index is 612. The molecule has 0 fully saturated rings. The van der Waals surface area contributed by atoms with Crippen molar-refractivity contribution in [1.82, 2.24) is 4.98 Å². The third-order valence-corrected chi connectivity index (χ3v) is 5.49. The van der Waals surface area contributed by atoms with E-state index in [0.717, 1.165) is 6.42 Å². The van der Waals surface area contributed by atoms with Crippen molar-refractivity contribution in [2.24, 2.45) is 0 Å². The van der Waals surface area contributed by atoms with Crippen LogP contribution in [-0.2, 0) is 25.7 Å². The molecule has 2 aromatic rings. The van der Waals surface area contributed by atoms with E-state index in [1.54, 1.807) is 16.7 Å². The lowest BCUT2D eigenvalue weighted by Crippen LogP contribution is -2.08. The Morgan fingerprint density at radius 3 is 2.33 bits per heavy atom. The van der Waals surface area contributed by atoms with Crippen LogP contribution in [0, 0.1) is 13.8 Å². The average molecular weight is 299 g/mol. The van der Waals surface area contributed by atoms with E-state index >= 15 is 0 Å². The van der Waals surface area contributed by atoms with Crippen molar-refractivity contribution in [3.8, 4) is 0 Å². The third kappa shape index (κ3) is 3.74. The second-order valence-corrected chi connectivity index (χ2v) is 7.66. The summed E-state index contributed by atoms with van der Waals surface area (Å²) in [4.78, 5) is 6.03. The molecule has 1 nitrogen and oxygen atoms in total. The maximum Gasteiger partial charge on any atom is 0.0900 e. The van der Waals surface area contributed by atoms with Crippen molar-refractivity contribution in [3.05, 3.63) is 50.5 Å². The zero-order valence-corrected chi connectivity index (χ0v) is 14.1. The van der Waals surface area contributed by atoms with Crippen LogP contribution >= 0.6 is 11.3 Å². The predicted molar refractivity (Wildman–Crippen MR) is 91.3 cm³/mol. The Hall–Kier alpha value is -1.15. The predicted octanol–water partition coefficient (Wildman–Crippen LogP) is 5.20. The van der Waals surface area contributed by atoms with E-state index in [1.807, 2.05) is 11.3 Å². The monoisotopic (exact) mass is 299 g/mol. The van der Waals surface area contributed by atoms with Crippen LogP contribution in [0.4, 0.5) is 0 Å². The van der Waals surface area contributed by atoms with Gasteiger partial charge in [-0.2, -0.15) is 0 Å². The van der Waals surface area contributed by atoms with Gasteiger partial charge in [0.25, 0.3) is 0 Å². The van der Waals surface area contributed by atoms with Crippen molar-refractivity contribution in [3.63, 3.8) is 0 Å². The highest BCUT2D eigenvalue weighted by Crippen LogP contribution is 2.24. The minimum absolute atomic E-state index is 1.16. The van der Waals surface area contributed by atoms with E-state index in [0.29, 0.717) is 0 Å². The van der Waals surface area contributed by atoms with E-state index in [2.05, 4.69) is 37.0 Å². The van der Waals surface area contributed by atoms with Gasteiger partial charge >= 0.3 is 0 Å². The first-order valence-electron chi connectivity index (χ1n) is 8.26. The van der Waals surface area contributed by atoms with Crippen LogP contribution in [-0.4, -0.2) is 4.98 Å². The molecule has 1 heterocycles. The van der Waals surface area contributed by atoms with Crippen LogP contribution in [0.3, 0.4) is 0 Å². The summed E-state index contributed by atoms with van der Waals surface area (Å²) >= 11 is 1.83. The molecule has 0 amide bonds. The van der Waals surface area contributed by atoms with Crippen molar-refractivity contribution in [2.75, 3.05) is 0 Å². The Kier molecular flexibility index (Phi) is 4.74. The summed E-state index contributed by atoms with van der Waals surface area (Å²) in [6.45, 7) is 4.31. The number of fused-ring (bicyclic) bond motifs is 1. The maximum atomic E-state index is 4.62. The van der Waals surface area contributed by atoms with Gasteiger partial charge < -0.3 is 0 Å². The van der Waals surface area contributed by atoms with Gasteiger partial charge in [-0.15, -0.1) is 11.3 Å². The number of benzene rings is 1. The molecule has 112 valence electrons. The molecule has 1 aromatic heterocycles. The van der Waals surface area contributed by atoms with Gasteiger partial charge in [0.15, 0.2) is 0 Å². The molecular weight excluding hydrogens is 274 g/mol. The zero-order chi connectivity index (χ0) is 14.7. The van der Waals surface area contributed by atoms with E-state index in [9.17, 15) is 0 Å². The van der Waals surface area contributed by atoms with E-state index < -0.39 is 0 Å². The highest BCUT2D eigenvalue weighted by Gasteiger charge is 2.12. The van der Waals surface area contributed by atoms with Gasteiger partial charge in [-0.05, 0) is 69.1 Å². The van der Waals surface area contributed by atoms with Crippen LogP contribution < -0.4 is 0 Å². The fourth-order valence-electron chi connectivity index (χ4n) is 3.18. The van der Waals surface area contributed by atoms with Gasteiger partial charge in [-0.3, -0.25) is 0 Å². The second kappa shape index (κ2) is 6.74.